The summed E-state index contributed by atoms with van der Waals surface area (Å²) in [5.74, 6) is -0.106. The van der Waals surface area contributed by atoms with Crippen LogP contribution in [0.3, 0.4) is 0 Å². The van der Waals surface area contributed by atoms with Gasteiger partial charge in [-0.25, -0.2) is 0 Å². The molecule has 2 N–H and O–H groups in total. The Hall–Kier alpha value is -4.33. The lowest BCUT2D eigenvalue weighted by Crippen LogP contribution is -2.52. The number of benzene rings is 3. The molecule has 3 amide bonds. The van der Waals surface area contributed by atoms with Crippen molar-refractivity contribution in [1.82, 2.24) is 0 Å². The molecule has 0 aliphatic carbocycles. The zero-order valence-electron chi connectivity index (χ0n) is 18.9. The number of rotatable bonds is 7. The van der Waals surface area contributed by atoms with Crippen molar-refractivity contribution in [2.24, 2.45) is 0 Å². The topological polar surface area (TPSA) is 97.0 Å². The fraction of sp³-hybridized carbons (Fsp3) is 0.192. The van der Waals surface area contributed by atoms with Crippen LogP contribution in [0.1, 0.15) is 23.7 Å². The average molecular weight is 460 g/mol. The third kappa shape index (κ3) is 4.71. The third-order valence-corrected chi connectivity index (χ3v) is 5.43. The molecule has 8 heteroatoms. The molecule has 0 fully saturated rings. The van der Waals surface area contributed by atoms with Crippen molar-refractivity contribution >= 4 is 34.8 Å². The highest BCUT2D eigenvalue weighted by Crippen LogP contribution is 2.34. The smallest absolute Gasteiger partial charge is 0.259 e. The lowest BCUT2D eigenvalue weighted by Gasteiger charge is -2.36. The van der Waals surface area contributed by atoms with Crippen LogP contribution in [0.4, 0.5) is 17.1 Å². The van der Waals surface area contributed by atoms with Crippen molar-refractivity contribution in [2.75, 3.05) is 29.3 Å². The minimum absolute atomic E-state index is 0.234. The molecule has 0 saturated carbocycles. The minimum atomic E-state index is -1.04. The van der Waals surface area contributed by atoms with Crippen molar-refractivity contribution in [3.05, 3.63) is 78.4 Å². The van der Waals surface area contributed by atoms with Crippen LogP contribution in [0.2, 0.25) is 0 Å². The highest BCUT2D eigenvalue weighted by molar-refractivity contribution is 6.17. The number of carbonyl (C=O) groups is 3. The zero-order valence-corrected chi connectivity index (χ0v) is 18.9. The van der Waals surface area contributed by atoms with Gasteiger partial charge in [-0.3, -0.25) is 19.3 Å². The van der Waals surface area contributed by atoms with Crippen molar-refractivity contribution in [2.45, 2.75) is 19.4 Å². The van der Waals surface area contributed by atoms with Gasteiger partial charge in [0.2, 0.25) is 11.8 Å². The predicted molar refractivity (Wildman–Crippen MR) is 130 cm³/mol. The van der Waals surface area contributed by atoms with Crippen molar-refractivity contribution in [3.8, 4) is 11.5 Å². The Morgan fingerprint density at radius 2 is 1.71 bits per heavy atom. The number of fused-ring (bicyclic) bond motifs is 1. The number of amides is 3. The normalized spacial score (nSPS) is 14.6. The summed E-state index contributed by atoms with van der Waals surface area (Å²) in [5.41, 5.74) is 1.90. The largest absolute Gasteiger partial charge is 0.497 e. The standard InChI is InChI=1S/C26H25N3O5/c1-3-34-23-11-7-5-9-20(23)27-24(30)16-22-25(31)28-19-8-4-6-10-21(19)29(22)26(32)17-12-14-18(33-2)15-13-17/h4-15,22H,3,16H2,1-2H3,(H,27,30)(H,28,31)/t22-/m1/s1. The fourth-order valence-electron chi connectivity index (χ4n) is 3.83. The summed E-state index contributed by atoms with van der Waals surface area (Å²) < 4.78 is 10.7. The number of nitrogens with zero attached hydrogens (tertiary/aromatic N) is 1. The SMILES string of the molecule is CCOc1ccccc1NC(=O)C[C@@H]1C(=O)Nc2ccccc2N1C(=O)c1ccc(OC)cc1. The van der Waals surface area contributed by atoms with Crippen LogP contribution in [-0.4, -0.2) is 37.5 Å². The van der Waals surface area contributed by atoms with Crippen molar-refractivity contribution in [1.29, 1.82) is 0 Å². The Bertz CT molecular complexity index is 1210. The molecule has 3 aromatic rings. The molecule has 4 rings (SSSR count). The number of anilines is 3. The molecule has 3 aromatic carbocycles. The molecule has 174 valence electrons. The lowest BCUT2D eigenvalue weighted by molar-refractivity contribution is -0.122. The first kappa shape index (κ1) is 22.8. The molecule has 0 unspecified atom stereocenters. The molecule has 1 aliphatic heterocycles. The van der Waals surface area contributed by atoms with E-state index in [0.717, 1.165) is 0 Å². The summed E-state index contributed by atoms with van der Waals surface area (Å²) in [6, 6.07) is 19.6. The van der Waals surface area contributed by atoms with Gasteiger partial charge >= 0.3 is 0 Å². The van der Waals surface area contributed by atoms with Crippen molar-refractivity contribution in [3.63, 3.8) is 0 Å². The van der Waals surface area contributed by atoms with E-state index in [9.17, 15) is 14.4 Å². The van der Waals surface area contributed by atoms with E-state index >= 15 is 0 Å². The Balaban J connectivity index is 1.63. The van der Waals surface area contributed by atoms with Gasteiger partial charge in [0, 0.05) is 5.56 Å². The molecule has 0 saturated heterocycles. The molecule has 8 nitrogen and oxygen atoms in total. The molecule has 0 aromatic heterocycles. The molecule has 1 atom stereocenters. The van der Waals surface area contributed by atoms with Crippen LogP contribution >= 0.6 is 0 Å². The van der Waals surface area contributed by atoms with Gasteiger partial charge in [0.25, 0.3) is 5.91 Å². The Morgan fingerprint density at radius 1 is 1.00 bits per heavy atom. The fourth-order valence-corrected chi connectivity index (χ4v) is 3.83. The molecule has 0 spiro atoms. The van der Waals surface area contributed by atoms with E-state index in [1.165, 1.54) is 4.90 Å². The van der Waals surface area contributed by atoms with Gasteiger partial charge in [0.05, 0.1) is 37.2 Å². The summed E-state index contributed by atoms with van der Waals surface area (Å²) >= 11 is 0. The summed E-state index contributed by atoms with van der Waals surface area (Å²) in [7, 11) is 1.54. The number of ether oxygens (including phenoxy) is 2. The van der Waals surface area contributed by atoms with Crippen LogP contribution in [0.5, 0.6) is 11.5 Å². The summed E-state index contributed by atoms with van der Waals surface area (Å²) in [6.45, 7) is 2.30. The number of methoxy groups -OCH3 is 1. The van der Waals surface area contributed by atoms with Gasteiger partial charge in [-0.15, -0.1) is 0 Å². The Labute approximate surface area is 197 Å². The van der Waals surface area contributed by atoms with Crippen molar-refractivity contribution < 1.29 is 23.9 Å². The second kappa shape index (κ2) is 10.1. The molecule has 0 bridgehead atoms. The molecule has 1 aliphatic rings. The maximum Gasteiger partial charge on any atom is 0.259 e. The predicted octanol–water partition coefficient (Wildman–Crippen LogP) is 4.09. The number of hydrogen-bond acceptors (Lipinski definition) is 5. The number of hydrogen-bond donors (Lipinski definition) is 2. The van der Waals surface area contributed by atoms with E-state index < -0.39 is 23.8 Å². The lowest BCUT2D eigenvalue weighted by atomic mass is 10.0. The second-order valence-electron chi connectivity index (χ2n) is 7.61. The molecule has 0 radical (unpaired) electrons. The van der Waals surface area contributed by atoms with Gasteiger partial charge in [-0.1, -0.05) is 24.3 Å². The first-order chi connectivity index (χ1) is 16.5. The van der Waals surface area contributed by atoms with Crippen LogP contribution in [0.25, 0.3) is 0 Å². The Kier molecular flexibility index (Phi) is 6.77. The highest BCUT2D eigenvalue weighted by atomic mass is 16.5. The number of para-hydroxylation sites is 4. The van der Waals surface area contributed by atoms with E-state index in [4.69, 9.17) is 9.47 Å². The quantitative estimate of drug-likeness (QED) is 0.555. The van der Waals surface area contributed by atoms with Gasteiger partial charge in [-0.05, 0) is 55.5 Å². The van der Waals surface area contributed by atoms with Gasteiger partial charge in [0.15, 0.2) is 0 Å². The zero-order chi connectivity index (χ0) is 24.1. The van der Waals surface area contributed by atoms with E-state index in [1.807, 2.05) is 6.92 Å². The van der Waals surface area contributed by atoms with Gasteiger partial charge < -0.3 is 20.1 Å². The summed E-state index contributed by atoms with van der Waals surface area (Å²) in [5, 5.41) is 5.61. The van der Waals surface area contributed by atoms with E-state index in [2.05, 4.69) is 10.6 Å². The number of nitrogens with one attached hydrogen (secondary N) is 2. The molecule has 1 heterocycles. The molecule has 34 heavy (non-hydrogen) atoms. The van der Waals surface area contributed by atoms with E-state index in [-0.39, 0.29) is 6.42 Å². The van der Waals surface area contributed by atoms with Crippen LogP contribution in [-0.2, 0) is 9.59 Å². The first-order valence-corrected chi connectivity index (χ1v) is 10.9. The van der Waals surface area contributed by atoms with Gasteiger partial charge in [-0.2, -0.15) is 0 Å². The second-order valence-corrected chi connectivity index (χ2v) is 7.61. The molecular formula is C26H25N3O5. The van der Waals surface area contributed by atoms with Crippen LogP contribution < -0.4 is 25.0 Å². The summed E-state index contributed by atoms with van der Waals surface area (Å²) in [4.78, 5) is 40.9. The minimum Gasteiger partial charge on any atom is -0.497 e. The Morgan fingerprint density at radius 3 is 2.44 bits per heavy atom. The monoisotopic (exact) mass is 459 g/mol. The average Bonchev–Trinajstić information content (AvgIpc) is 2.85. The maximum atomic E-state index is 13.6. The van der Waals surface area contributed by atoms with Crippen LogP contribution in [0, 0.1) is 0 Å². The third-order valence-electron chi connectivity index (χ3n) is 5.43. The highest BCUT2D eigenvalue weighted by Gasteiger charge is 2.38. The number of carbonyl (C=O) groups excluding carboxylic acids is 3. The maximum absolute atomic E-state index is 13.6. The van der Waals surface area contributed by atoms with E-state index in [0.29, 0.717) is 40.7 Å². The van der Waals surface area contributed by atoms with Crippen LogP contribution in [0.15, 0.2) is 72.8 Å². The first-order valence-electron chi connectivity index (χ1n) is 10.9. The summed E-state index contributed by atoms with van der Waals surface area (Å²) in [6.07, 6.45) is -0.234. The van der Waals surface area contributed by atoms with Gasteiger partial charge in [0.1, 0.15) is 17.5 Å². The van der Waals surface area contributed by atoms with E-state index in [1.54, 1.807) is 79.9 Å². The molecular weight excluding hydrogens is 434 g/mol.